The maximum absolute atomic E-state index is 5.53. The maximum Gasteiger partial charge on any atom is 0.0469 e. The zero-order valence-corrected chi connectivity index (χ0v) is 13.9. The van der Waals surface area contributed by atoms with Crippen molar-refractivity contribution in [1.82, 2.24) is 5.32 Å². The van der Waals surface area contributed by atoms with Crippen molar-refractivity contribution in [3.05, 3.63) is 35.4 Å². The van der Waals surface area contributed by atoms with Gasteiger partial charge in [0.15, 0.2) is 0 Å². The smallest absolute Gasteiger partial charge is 0.0469 e. The Hall–Kier alpha value is -0.860. The first-order valence-electron chi connectivity index (χ1n) is 8.67. The number of benzene rings is 1. The van der Waals surface area contributed by atoms with E-state index in [0.717, 1.165) is 19.8 Å². The lowest BCUT2D eigenvalue weighted by molar-refractivity contribution is 0.0536. The highest BCUT2D eigenvalue weighted by atomic mass is 16.5. The number of ether oxygens (including phenoxy) is 1. The van der Waals surface area contributed by atoms with Crippen LogP contribution in [0.1, 0.15) is 69.5 Å². The maximum atomic E-state index is 5.53. The standard InChI is InChI=1S/C19H31NO/c1-4-12-20-19(18-10-13-21-14-11-18)17-8-6-16(7-9-17)15(3)5-2/h6-9,15,18-20H,4-5,10-14H2,1-3H3. The van der Waals surface area contributed by atoms with Crippen molar-refractivity contribution in [3.8, 4) is 0 Å². The van der Waals surface area contributed by atoms with Gasteiger partial charge in [-0.1, -0.05) is 45.0 Å². The number of nitrogens with one attached hydrogen (secondary N) is 1. The molecule has 118 valence electrons. The van der Waals surface area contributed by atoms with Crippen molar-refractivity contribution >= 4 is 0 Å². The summed E-state index contributed by atoms with van der Waals surface area (Å²) in [6.07, 6.45) is 4.74. The normalized spacial score (nSPS) is 19.4. The van der Waals surface area contributed by atoms with Crippen LogP contribution >= 0.6 is 0 Å². The van der Waals surface area contributed by atoms with E-state index in [-0.39, 0.29) is 0 Å². The molecule has 0 aromatic heterocycles. The lowest BCUT2D eigenvalue weighted by Gasteiger charge is -2.31. The van der Waals surface area contributed by atoms with Crippen LogP contribution in [0.25, 0.3) is 0 Å². The minimum atomic E-state index is 0.486. The molecule has 1 N–H and O–H groups in total. The van der Waals surface area contributed by atoms with E-state index in [4.69, 9.17) is 4.74 Å². The Morgan fingerprint density at radius 2 is 1.71 bits per heavy atom. The van der Waals surface area contributed by atoms with Gasteiger partial charge in [-0.2, -0.15) is 0 Å². The van der Waals surface area contributed by atoms with Crippen molar-refractivity contribution in [3.63, 3.8) is 0 Å². The summed E-state index contributed by atoms with van der Waals surface area (Å²) in [5.74, 6) is 1.36. The van der Waals surface area contributed by atoms with E-state index in [2.05, 4.69) is 50.4 Å². The molecule has 1 aromatic carbocycles. The molecule has 0 spiro atoms. The summed E-state index contributed by atoms with van der Waals surface area (Å²) in [6.45, 7) is 9.72. The summed E-state index contributed by atoms with van der Waals surface area (Å²) in [7, 11) is 0. The molecule has 2 atom stereocenters. The first-order chi connectivity index (χ1) is 10.3. The zero-order chi connectivity index (χ0) is 15.1. The van der Waals surface area contributed by atoms with E-state index < -0.39 is 0 Å². The molecule has 1 aromatic rings. The molecule has 2 heteroatoms. The van der Waals surface area contributed by atoms with E-state index in [1.807, 2.05) is 0 Å². The molecule has 0 amide bonds. The van der Waals surface area contributed by atoms with E-state index in [1.165, 1.54) is 36.8 Å². The van der Waals surface area contributed by atoms with E-state index in [1.54, 1.807) is 0 Å². The number of rotatable bonds is 7. The fraction of sp³-hybridized carbons (Fsp3) is 0.684. The monoisotopic (exact) mass is 289 g/mol. The predicted molar refractivity (Wildman–Crippen MR) is 89.7 cm³/mol. The highest BCUT2D eigenvalue weighted by molar-refractivity contribution is 5.27. The molecule has 2 nitrogen and oxygen atoms in total. The zero-order valence-electron chi connectivity index (χ0n) is 13.9. The van der Waals surface area contributed by atoms with Crippen LogP contribution in [0, 0.1) is 5.92 Å². The van der Waals surface area contributed by atoms with Gasteiger partial charge in [0.2, 0.25) is 0 Å². The van der Waals surface area contributed by atoms with Crippen LogP contribution in [0.4, 0.5) is 0 Å². The molecule has 1 saturated heterocycles. The molecular formula is C19H31NO. The Labute approximate surface area is 130 Å². The predicted octanol–water partition coefficient (Wildman–Crippen LogP) is 4.67. The average molecular weight is 289 g/mol. The summed E-state index contributed by atoms with van der Waals surface area (Å²) >= 11 is 0. The second-order valence-corrected chi connectivity index (χ2v) is 6.36. The molecule has 1 aliphatic heterocycles. The fourth-order valence-electron chi connectivity index (χ4n) is 3.17. The van der Waals surface area contributed by atoms with Crippen molar-refractivity contribution in [2.75, 3.05) is 19.8 Å². The van der Waals surface area contributed by atoms with E-state index in [0.29, 0.717) is 17.9 Å². The first-order valence-corrected chi connectivity index (χ1v) is 8.67. The van der Waals surface area contributed by atoms with Gasteiger partial charge in [-0.15, -0.1) is 0 Å². The minimum absolute atomic E-state index is 0.486. The van der Waals surface area contributed by atoms with Crippen LogP contribution in [0.5, 0.6) is 0 Å². The van der Waals surface area contributed by atoms with Crippen LogP contribution in [0.3, 0.4) is 0 Å². The molecule has 21 heavy (non-hydrogen) atoms. The quantitative estimate of drug-likeness (QED) is 0.787. The van der Waals surface area contributed by atoms with Gasteiger partial charge in [-0.3, -0.25) is 0 Å². The Kier molecular flexibility index (Phi) is 6.72. The topological polar surface area (TPSA) is 21.3 Å². The molecule has 0 bridgehead atoms. The lowest BCUT2D eigenvalue weighted by atomic mass is 9.86. The van der Waals surface area contributed by atoms with Crippen molar-refractivity contribution < 1.29 is 4.74 Å². The van der Waals surface area contributed by atoms with Gasteiger partial charge < -0.3 is 10.1 Å². The van der Waals surface area contributed by atoms with Gasteiger partial charge in [0.05, 0.1) is 0 Å². The highest BCUT2D eigenvalue weighted by Crippen LogP contribution is 2.31. The Morgan fingerprint density at radius 3 is 2.29 bits per heavy atom. The van der Waals surface area contributed by atoms with Crippen molar-refractivity contribution in [2.45, 2.75) is 58.4 Å². The molecule has 0 radical (unpaired) electrons. The molecule has 0 aliphatic carbocycles. The molecular weight excluding hydrogens is 258 g/mol. The van der Waals surface area contributed by atoms with Gasteiger partial charge in [0, 0.05) is 19.3 Å². The molecule has 1 fully saturated rings. The second kappa shape index (κ2) is 8.55. The van der Waals surface area contributed by atoms with E-state index >= 15 is 0 Å². The Bertz CT molecular complexity index is 395. The van der Waals surface area contributed by atoms with Gasteiger partial charge in [0.1, 0.15) is 0 Å². The van der Waals surface area contributed by atoms with Crippen LogP contribution in [-0.2, 0) is 4.74 Å². The third-order valence-electron chi connectivity index (χ3n) is 4.83. The largest absolute Gasteiger partial charge is 0.381 e. The minimum Gasteiger partial charge on any atom is -0.381 e. The fourth-order valence-corrected chi connectivity index (χ4v) is 3.17. The van der Waals surface area contributed by atoms with Crippen molar-refractivity contribution in [1.29, 1.82) is 0 Å². The third-order valence-corrected chi connectivity index (χ3v) is 4.83. The van der Waals surface area contributed by atoms with Crippen molar-refractivity contribution in [2.24, 2.45) is 5.92 Å². The second-order valence-electron chi connectivity index (χ2n) is 6.36. The Balaban J connectivity index is 2.11. The summed E-state index contributed by atoms with van der Waals surface area (Å²) in [6, 6.07) is 9.81. The molecule has 2 unspecified atom stereocenters. The SMILES string of the molecule is CCCNC(c1ccc(C(C)CC)cc1)C1CCOCC1. The van der Waals surface area contributed by atoms with Gasteiger partial charge in [0.25, 0.3) is 0 Å². The van der Waals surface area contributed by atoms with Crippen LogP contribution in [-0.4, -0.2) is 19.8 Å². The molecule has 0 saturated carbocycles. The highest BCUT2D eigenvalue weighted by Gasteiger charge is 2.24. The molecule has 2 rings (SSSR count). The molecule has 1 aliphatic rings. The van der Waals surface area contributed by atoms with Crippen LogP contribution in [0.2, 0.25) is 0 Å². The van der Waals surface area contributed by atoms with E-state index in [9.17, 15) is 0 Å². The summed E-state index contributed by atoms with van der Waals surface area (Å²) < 4.78 is 5.53. The summed E-state index contributed by atoms with van der Waals surface area (Å²) in [5, 5.41) is 3.76. The third kappa shape index (κ3) is 4.55. The molecule has 1 heterocycles. The van der Waals surface area contributed by atoms with Gasteiger partial charge in [-0.25, -0.2) is 0 Å². The average Bonchev–Trinajstić information content (AvgIpc) is 2.56. The van der Waals surface area contributed by atoms with Crippen LogP contribution in [0.15, 0.2) is 24.3 Å². The van der Waals surface area contributed by atoms with Crippen LogP contribution < -0.4 is 5.32 Å². The van der Waals surface area contributed by atoms with Gasteiger partial charge in [-0.05, 0) is 55.2 Å². The lowest BCUT2D eigenvalue weighted by Crippen LogP contribution is -2.32. The van der Waals surface area contributed by atoms with Gasteiger partial charge >= 0.3 is 0 Å². The summed E-state index contributed by atoms with van der Waals surface area (Å²) in [5.41, 5.74) is 2.91. The first kappa shape index (κ1) is 16.5. The summed E-state index contributed by atoms with van der Waals surface area (Å²) in [4.78, 5) is 0. The number of hydrogen-bond donors (Lipinski definition) is 1. The number of hydrogen-bond acceptors (Lipinski definition) is 2. The Morgan fingerprint density at radius 1 is 1.10 bits per heavy atom.